The van der Waals surface area contributed by atoms with Crippen LogP contribution in [0.5, 0.6) is 0 Å². The zero-order valence-corrected chi connectivity index (χ0v) is 13.6. The van der Waals surface area contributed by atoms with Gasteiger partial charge in [-0.2, -0.15) is 0 Å². The van der Waals surface area contributed by atoms with E-state index in [0.717, 1.165) is 13.0 Å². The third kappa shape index (κ3) is 3.34. The topological polar surface area (TPSA) is 35.6 Å². The summed E-state index contributed by atoms with van der Waals surface area (Å²) in [7, 11) is 0. The second kappa shape index (κ2) is 6.90. The van der Waals surface area contributed by atoms with Gasteiger partial charge in [0.2, 0.25) is 5.91 Å². The Kier molecular flexibility index (Phi) is 5.44. The molecule has 0 aliphatic carbocycles. The number of nitrogens with zero attached hydrogens (tertiary/aromatic N) is 2. The summed E-state index contributed by atoms with van der Waals surface area (Å²) in [6.07, 6.45) is 5.20. The predicted octanol–water partition coefficient (Wildman–Crippen LogP) is 2.05. The van der Waals surface area contributed by atoms with Crippen LogP contribution in [0.3, 0.4) is 0 Å². The van der Waals surface area contributed by atoms with E-state index in [-0.39, 0.29) is 12.2 Å². The van der Waals surface area contributed by atoms with E-state index in [1.165, 1.54) is 32.4 Å². The molecule has 2 fully saturated rings. The molecule has 0 radical (unpaired) electrons. The van der Waals surface area contributed by atoms with Gasteiger partial charge in [-0.3, -0.25) is 15.0 Å². The summed E-state index contributed by atoms with van der Waals surface area (Å²) < 4.78 is 0. The van der Waals surface area contributed by atoms with E-state index in [1.807, 2.05) is 0 Å². The molecule has 2 aliphatic heterocycles. The molecule has 2 heterocycles. The molecule has 0 spiro atoms. The third-order valence-corrected chi connectivity index (χ3v) is 5.13. The Morgan fingerprint density at radius 3 is 2.50 bits per heavy atom. The van der Waals surface area contributed by atoms with E-state index in [1.54, 1.807) is 0 Å². The standard InChI is InChI=1S/C16H31N3O/c1-5-12(2)15-16(20)19(14(4)17-15)11-13(3)18-9-7-6-8-10-18/h12-15,17H,5-11H2,1-4H3. The van der Waals surface area contributed by atoms with Crippen LogP contribution in [0.2, 0.25) is 0 Å². The van der Waals surface area contributed by atoms with Crippen LogP contribution in [0, 0.1) is 5.92 Å². The number of likely N-dealkylation sites (tertiary alicyclic amines) is 1. The molecular formula is C16H31N3O. The van der Waals surface area contributed by atoms with Crippen molar-refractivity contribution in [2.24, 2.45) is 5.92 Å². The summed E-state index contributed by atoms with van der Waals surface area (Å²) in [6.45, 7) is 12.0. The van der Waals surface area contributed by atoms with Crippen molar-refractivity contribution in [1.29, 1.82) is 0 Å². The quantitative estimate of drug-likeness (QED) is 0.838. The van der Waals surface area contributed by atoms with Crippen molar-refractivity contribution in [3.05, 3.63) is 0 Å². The summed E-state index contributed by atoms with van der Waals surface area (Å²) in [5.74, 6) is 0.718. The maximum atomic E-state index is 12.6. The van der Waals surface area contributed by atoms with Gasteiger partial charge in [-0.1, -0.05) is 26.7 Å². The average molecular weight is 281 g/mol. The van der Waals surface area contributed by atoms with E-state index in [9.17, 15) is 4.79 Å². The minimum Gasteiger partial charge on any atom is -0.325 e. The number of hydrogen-bond donors (Lipinski definition) is 1. The molecule has 0 aromatic heterocycles. The van der Waals surface area contributed by atoms with Gasteiger partial charge in [0.1, 0.15) is 0 Å². The van der Waals surface area contributed by atoms with Crippen LogP contribution in [0.4, 0.5) is 0 Å². The van der Waals surface area contributed by atoms with Gasteiger partial charge in [0, 0.05) is 12.6 Å². The summed E-state index contributed by atoms with van der Waals surface area (Å²) in [5.41, 5.74) is 0. The summed E-state index contributed by atoms with van der Waals surface area (Å²) in [5, 5.41) is 3.47. The SMILES string of the molecule is CCC(C)C1NC(C)N(CC(C)N2CCCCC2)C1=O. The third-order valence-electron chi connectivity index (χ3n) is 5.13. The van der Waals surface area contributed by atoms with E-state index in [0.29, 0.717) is 17.9 Å². The number of carbonyl (C=O) groups is 1. The van der Waals surface area contributed by atoms with Crippen molar-refractivity contribution in [2.45, 2.75) is 71.6 Å². The molecule has 116 valence electrons. The zero-order chi connectivity index (χ0) is 14.7. The smallest absolute Gasteiger partial charge is 0.241 e. The Bertz CT molecular complexity index is 328. The summed E-state index contributed by atoms with van der Waals surface area (Å²) >= 11 is 0. The van der Waals surface area contributed by atoms with Crippen LogP contribution in [-0.2, 0) is 4.79 Å². The van der Waals surface area contributed by atoms with Gasteiger partial charge in [-0.05, 0) is 45.7 Å². The van der Waals surface area contributed by atoms with Crippen molar-refractivity contribution < 1.29 is 4.79 Å². The van der Waals surface area contributed by atoms with E-state index in [4.69, 9.17) is 0 Å². The molecule has 4 atom stereocenters. The highest BCUT2D eigenvalue weighted by molar-refractivity contribution is 5.84. The fourth-order valence-corrected chi connectivity index (χ4v) is 3.44. The number of rotatable bonds is 5. The van der Waals surface area contributed by atoms with Gasteiger partial charge in [0.05, 0.1) is 12.2 Å². The molecular weight excluding hydrogens is 250 g/mol. The van der Waals surface area contributed by atoms with Crippen molar-refractivity contribution >= 4 is 5.91 Å². The molecule has 2 aliphatic rings. The highest BCUT2D eigenvalue weighted by atomic mass is 16.2. The molecule has 0 saturated carbocycles. The molecule has 1 amide bonds. The number of piperidine rings is 1. The Balaban J connectivity index is 1.92. The van der Waals surface area contributed by atoms with Crippen molar-refractivity contribution in [3.63, 3.8) is 0 Å². The second-order valence-electron chi connectivity index (χ2n) is 6.64. The van der Waals surface area contributed by atoms with Crippen molar-refractivity contribution in [1.82, 2.24) is 15.1 Å². The molecule has 2 rings (SSSR count). The predicted molar refractivity (Wildman–Crippen MR) is 82.4 cm³/mol. The van der Waals surface area contributed by atoms with Crippen LogP contribution in [0.1, 0.15) is 53.4 Å². The molecule has 4 nitrogen and oxygen atoms in total. The number of hydrogen-bond acceptors (Lipinski definition) is 3. The second-order valence-corrected chi connectivity index (χ2v) is 6.64. The molecule has 20 heavy (non-hydrogen) atoms. The van der Waals surface area contributed by atoms with E-state index < -0.39 is 0 Å². The fraction of sp³-hybridized carbons (Fsp3) is 0.938. The first kappa shape index (κ1) is 15.8. The molecule has 0 aromatic carbocycles. The van der Waals surface area contributed by atoms with Gasteiger partial charge in [0.15, 0.2) is 0 Å². The minimum atomic E-state index is 0.0172. The Hall–Kier alpha value is -0.610. The first-order chi connectivity index (χ1) is 9.54. The van der Waals surface area contributed by atoms with Gasteiger partial charge >= 0.3 is 0 Å². The monoisotopic (exact) mass is 281 g/mol. The lowest BCUT2D eigenvalue weighted by atomic mass is 9.99. The van der Waals surface area contributed by atoms with Gasteiger partial charge in [0.25, 0.3) is 0 Å². The maximum absolute atomic E-state index is 12.6. The first-order valence-electron chi connectivity index (χ1n) is 8.35. The fourth-order valence-electron chi connectivity index (χ4n) is 3.44. The Labute approximate surface area is 123 Å². The lowest BCUT2D eigenvalue weighted by molar-refractivity contribution is -0.131. The van der Waals surface area contributed by atoms with Crippen LogP contribution in [-0.4, -0.2) is 53.6 Å². The molecule has 1 N–H and O–H groups in total. The van der Waals surface area contributed by atoms with Crippen LogP contribution >= 0.6 is 0 Å². The highest BCUT2D eigenvalue weighted by Crippen LogP contribution is 2.21. The molecule has 4 unspecified atom stereocenters. The lowest BCUT2D eigenvalue weighted by Gasteiger charge is -2.35. The van der Waals surface area contributed by atoms with Crippen LogP contribution in [0.15, 0.2) is 0 Å². The van der Waals surface area contributed by atoms with Gasteiger partial charge in [-0.15, -0.1) is 0 Å². The molecule has 0 aromatic rings. The van der Waals surface area contributed by atoms with Crippen molar-refractivity contribution in [2.75, 3.05) is 19.6 Å². The molecule has 2 saturated heterocycles. The lowest BCUT2D eigenvalue weighted by Crippen LogP contribution is -2.47. The summed E-state index contributed by atoms with van der Waals surface area (Å²) in [4.78, 5) is 17.2. The normalized spacial score (nSPS) is 31.6. The maximum Gasteiger partial charge on any atom is 0.241 e. The minimum absolute atomic E-state index is 0.0172. The van der Waals surface area contributed by atoms with Gasteiger partial charge < -0.3 is 4.90 Å². The van der Waals surface area contributed by atoms with Crippen molar-refractivity contribution in [3.8, 4) is 0 Å². The number of carbonyl (C=O) groups excluding carboxylic acids is 1. The highest BCUT2D eigenvalue weighted by Gasteiger charge is 2.39. The van der Waals surface area contributed by atoms with Gasteiger partial charge in [-0.25, -0.2) is 0 Å². The van der Waals surface area contributed by atoms with Crippen LogP contribution < -0.4 is 5.32 Å². The zero-order valence-electron chi connectivity index (χ0n) is 13.6. The van der Waals surface area contributed by atoms with Crippen LogP contribution in [0.25, 0.3) is 0 Å². The Morgan fingerprint density at radius 1 is 1.25 bits per heavy atom. The van der Waals surface area contributed by atoms with E-state index >= 15 is 0 Å². The average Bonchev–Trinajstić information content (AvgIpc) is 2.75. The largest absolute Gasteiger partial charge is 0.325 e. The first-order valence-corrected chi connectivity index (χ1v) is 8.35. The van der Waals surface area contributed by atoms with E-state index in [2.05, 4.69) is 42.8 Å². The molecule has 4 heteroatoms. The molecule has 0 bridgehead atoms. The summed E-state index contributed by atoms with van der Waals surface area (Å²) in [6, 6.07) is 0.489. The number of nitrogens with one attached hydrogen (secondary N) is 1. The Morgan fingerprint density at radius 2 is 1.90 bits per heavy atom. The number of amides is 1.